The summed E-state index contributed by atoms with van der Waals surface area (Å²) < 4.78 is 39.5. The van der Waals surface area contributed by atoms with E-state index in [4.69, 9.17) is 0 Å². The lowest BCUT2D eigenvalue weighted by molar-refractivity contribution is -0.177. The Morgan fingerprint density at radius 3 is 1.40 bits per heavy atom. The number of aliphatic hydroxyl groups is 1. The fraction of sp³-hybridized carbons (Fsp3) is 0.458. The molecule has 2 aromatic rings. The fourth-order valence-corrected chi connectivity index (χ4v) is 4.05. The zero-order valence-corrected chi connectivity index (χ0v) is 18.5. The second-order valence-corrected chi connectivity index (χ2v) is 9.29. The molecule has 0 fully saturated rings. The number of alkyl halides is 3. The van der Waals surface area contributed by atoms with Crippen molar-refractivity contribution in [3.05, 3.63) is 69.8 Å². The number of amides is 1. The van der Waals surface area contributed by atoms with Crippen LogP contribution in [0.25, 0.3) is 0 Å². The van der Waals surface area contributed by atoms with Gasteiger partial charge >= 0.3 is 12.1 Å². The topological polar surface area (TPSA) is 49.3 Å². The van der Waals surface area contributed by atoms with Crippen molar-refractivity contribution < 1.29 is 23.1 Å². The van der Waals surface area contributed by atoms with Crippen molar-refractivity contribution in [1.82, 2.24) is 5.32 Å². The van der Waals surface area contributed by atoms with E-state index in [0.717, 1.165) is 22.3 Å². The molecule has 0 aliphatic rings. The zero-order valence-electron chi connectivity index (χ0n) is 18.5. The van der Waals surface area contributed by atoms with Gasteiger partial charge in [0.1, 0.15) is 5.60 Å². The molecule has 0 saturated heterocycles. The summed E-state index contributed by atoms with van der Waals surface area (Å²) in [5, 5.41) is 14.3. The van der Waals surface area contributed by atoms with Gasteiger partial charge in [-0.25, -0.2) is 0 Å². The first-order valence-electron chi connectivity index (χ1n) is 9.82. The van der Waals surface area contributed by atoms with Crippen LogP contribution >= 0.6 is 0 Å². The van der Waals surface area contributed by atoms with Crippen LogP contribution in [0, 0.1) is 33.1 Å². The summed E-state index contributed by atoms with van der Waals surface area (Å²) >= 11 is 0. The van der Waals surface area contributed by atoms with E-state index in [9.17, 15) is 23.1 Å². The second kappa shape index (κ2) is 8.06. The number of halogens is 3. The van der Waals surface area contributed by atoms with Crippen LogP contribution in [-0.4, -0.2) is 23.2 Å². The molecule has 0 saturated carbocycles. The van der Waals surface area contributed by atoms with Crippen molar-refractivity contribution in [2.75, 3.05) is 0 Å². The van der Waals surface area contributed by atoms with Crippen LogP contribution in [0.3, 0.4) is 0 Å². The summed E-state index contributed by atoms with van der Waals surface area (Å²) in [7, 11) is 0. The van der Waals surface area contributed by atoms with Crippen LogP contribution in [0.4, 0.5) is 13.2 Å². The van der Waals surface area contributed by atoms with Crippen LogP contribution < -0.4 is 5.32 Å². The standard InChI is InChI=1S/C24H30F3NO2/c1-14-8-15(2)11-18(10-14)23(30,19-12-16(3)9-17(4)13-19)20(22(5,6)7)28-21(29)24(25,26)27/h8-13,20,30H,1-7H3,(H,28,29)/t20-/m0/s1. The van der Waals surface area contributed by atoms with Crippen LogP contribution in [-0.2, 0) is 10.4 Å². The van der Waals surface area contributed by atoms with E-state index in [0.29, 0.717) is 11.1 Å². The van der Waals surface area contributed by atoms with E-state index in [-0.39, 0.29) is 0 Å². The number of hydrogen-bond donors (Lipinski definition) is 2. The molecule has 30 heavy (non-hydrogen) atoms. The summed E-state index contributed by atoms with van der Waals surface area (Å²) in [5.74, 6) is -2.07. The number of rotatable bonds is 4. The van der Waals surface area contributed by atoms with E-state index in [1.807, 2.05) is 39.8 Å². The molecule has 6 heteroatoms. The average Bonchev–Trinajstić information content (AvgIpc) is 2.55. The third-order valence-electron chi connectivity index (χ3n) is 5.14. The van der Waals surface area contributed by atoms with Gasteiger partial charge in [0.2, 0.25) is 0 Å². The minimum Gasteiger partial charge on any atom is -0.378 e. The SMILES string of the molecule is Cc1cc(C)cc(C(O)(c2cc(C)cc(C)c2)[C@@H](NC(=O)C(F)(F)F)C(C)(C)C)c1. The molecule has 0 bridgehead atoms. The van der Waals surface area contributed by atoms with Gasteiger partial charge in [0, 0.05) is 0 Å². The molecular formula is C24H30F3NO2. The van der Waals surface area contributed by atoms with Crippen LogP contribution in [0.1, 0.15) is 54.2 Å². The van der Waals surface area contributed by atoms with Crippen molar-refractivity contribution in [2.24, 2.45) is 5.41 Å². The number of aryl methyl sites for hydroxylation is 4. The van der Waals surface area contributed by atoms with Gasteiger partial charge in [-0.3, -0.25) is 4.79 Å². The average molecular weight is 422 g/mol. The Balaban J connectivity index is 2.85. The van der Waals surface area contributed by atoms with Crippen LogP contribution in [0.2, 0.25) is 0 Å². The lowest BCUT2D eigenvalue weighted by Gasteiger charge is -2.45. The van der Waals surface area contributed by atoms with E-state index < -0.39 is 29.1 Å². The van der Waals surface area contributed by atoms with Crippen molar-refractivity contribution in [3.8, 4) is 0 Å². The van der Waals surface area contributed by atoms with Gasteiger partial charge in [0.05, 0.1) is 6.04 Å². The molecule has 0 unspecified atom stereocenters. The third-order valence-corrected chi connectivity index (χ3v) is 5.14. The normalized spacial score (nSPS) is 13.8. The maximum absolute atomic E-state index is 13.2. The third kappa shape index (κ3) is 5.04. The van der Waals surface area contributed by atoms with Crippen LogP contribution in [0.5, 0.6) is 0 Å². The van der Waals surface area contributed by atoms with Crippen molar-refractivity contribution >= 4 is 5.91 Å². The first kappa shape index (κ1) is 23.9. The summed E-state index contributed by atoms with van der Waals surface area (Å²) in [6, 6.07) is 9.61. The minimum absolute atomic E-state index is 0.437. The quantitative estimate of drug-likeness (QED) is 0.708. The maximum Gasteiger partial charge on any atom is 0.471 e. The van der Waals surface area contributed by atoms with E-state index >= 15 is 0 Å². The number of hydrogen-bond acceptors (Lipinski definition) is 2. The summed E-state index contributed by atoms with van der Waals surface area (Å²) in [5.41, 5.74) is 1.55. The molecule has 0 aliphatic heterocycles. The monoisotopic (exact) mass is 421 g/mol. The zero-order chi connectivity index (χ0) is 23.1. The summed E-state index contributed by atoms with van der Waals surface area (Å²) in [6.07, 6.45) is -5.06. The van der Waals surface area contributed by atoms with E-state index in [2.05, 4.69) is 5.32 Å². The highest BCUT2D eigenvalue weighted by molar-refractivity contribution is 5.82. The molecule has 3 nitrogen and oxygen atoms in total. The number of carbonyl (C=O) groups excluding carboxylic acids is 1. The Bertz CT molecular complexity index is 850. The van der Waals surface area contributed by atoms with Gasteiger partial charge in [-0.05, 0) is 44.2 Å². The van der Waals surface area contributed by atoms with E-state index in [1.54, 1.807) is 45.0 Å². The van der Waals surface area contributed by atoms with E-state index in [1.165, 1.54) is 0 Å². The molecule has 0 aliphatic carbocycles. The van der Waals surface area contributed by atoms with Crippen molar-refractivity contribution in [3.63, 3.8) is 0 Å². The molecule has 1 amide bonds. The molecule has 1 atom stereocenters. The van der Waals surface area contributed by atoms with Gasteiger partial charge < -0.3 is 10.4 Å². The first-order chi connectivity index (χ1) is 13.5. The maximum atomic E-state index is 13.2. The molecule has 0 spiro atoms. The molecule has 0 aromatic heterocycles. The predicted molar refractivity (Wildman–Crippen MR) is 112 cm³/mol. The highest BCUT2D eigenvalue weighted by Gasteiger charge is 2.50. The Morgan fingerprint density at radius 1 is 0.800 bits per heavy atom. The Hall–Kier alpha value is -2.34. The van der Waals surface area contributed by atoms with Gasteiger partial charge in [-0.1, -0.05) is 79.4 Å². The Labute approximate surface area is 176 Å². The Kier molecular flexibility index (Phi) is 6.43. The van der Waals surface area contributed by atoms with Gasteiger partial charge in [0.25, 0.3) is 0 Å². The number of benzene rings is 2. The molecule has 2 rings (SSSR count). The van der Waals surface area contributed by atoms with Gasteiger partial charge in [-0.15, -0.1) is 0 Å². The summed E-state index contributed by atoms with van der Waals surface area (Å²) in [6.45, 7) is 12.5. The van der Waals surface area contributed by atoms with Crippen molar-refractivity contribution in [1.29, 1.82) is 0 Å². The minimum atomic E-state index is -5.06. The number of carbonyl (C=O) groups is 1. The highest BCUT2D eigenvalue weighted by Crippen LogP contribution is 2.42. The van der Waals surface area contributed by atoms with Gasteiger partial charge in [0.15, 0.2) is 0 Å². The number of nitrogens with one attached hydrogen (secondary N) is 1. The molecular weight excluding hydrogens is 391 g/mol. The largest absolute Gasteiger partial charge is 0.471 e. The molecule has 0 heterocycles. The van der Waals surface area contributed by atoms with Gasteiger partial charge in [-0.2, -0.15) is 13.2 Å². The lowest BCUT2D eigenvalue weighted by atomic mass is 9.69. The first-order valence-corrected chi connectivity index (χ1v) is 9.82. The fourth-order valence-electron chi connectivity index (χ4n) is 4.05. The molecule has 0 radical (unpaired) electrons. The molecule has 2 N–H and O–H groups in total. The van der Waals surface area contributed by atoms with Crippen molar-refractivity contribution in [2.45, 2.75) is 66.3 Å². The highest BCUT2D eigenvalue weighted by atomic mass is 19.4. The lowest BCUT2D eigenvalue weighted by Crippen LogP contribution is -2.59. The Morgan fingerprint density at radius 2 is 1.13 bits per heavy atom. The smallest absolute Gasteiger partial charge is 0.378 e. The summed E-state index contributed by atoms with van der Waals surface area (Å²) in [4.78, 5) is 12.0. The van der Waals surface area contributed by atoms with Crippen LogP contribution in [0.15, 0.2) is 36.4 Å². The molecule has 164 valence electrons. The second-order valence-electron chi connectivity index (χ2n) is 9.29. The predicted octanol–water partition coefficient (Wildman–Crippen LogP) is 5.25. The molecule has 2 aromatic carbocycles.